The van der Waals surface area contributed by atoms with Crippen molar-refractivity contribution >= 4 is 17.8 Å². The molecular weight excluding hydrogens is 204 g/mol. The molecule has 0 atom stereocenters. The van der Waals surface area contributed by atoms with Gasteiger partial charge < -0.3 is 9.47 Å². The Kier molecular flexibility index (Phi) is 6.29. The molecule has 0 heterocycles. The highest BCUT2D eigenvalue weighted by molar-refractivity contribution is 6.42. The topological polar surface area (TPSA) is 98.0 Å². The first kappa shape index (κ1) is 12.9. The monoisotopic (exact) mass is 214 g/mol. The van der Waals surface area contributed by atoms with Gasteiger partial charge in [-0.3, -0.25) is 4.84 Å². The number of carbonyl (C=O) groups is 2. The summed E-state index contributed by atoms with van der Waals surface area (Å²) in [6.07, 6.45) is -1.09. The van der Waals surface area contributed by atoms with E-state index in [-0.39, 0.29) is 13.2 Å². The molecule has 0 amide bonds. The lowest BCUT2D eigenvalue weighted by Crippen LogP contribution is -2.17. The predicted molar refractivity (Wildman–Crippen MR) is 47.8 cm³/mol. The average molecular weight is 214 g/mol. The zero-order chi connectivity index (χ0) is 11.7. The maximum absolute atomic E-state index is 10.9. The van der Waals surface area contributed by atoms with E-state index in [0.29, 0.717) is 0 Å². The highest BCUT2D eigenvalue weighted by Gasteiger charge is 2.14. The van der Waals surface area contributed by atoms with Gasteiger partial charge in [0.05, 0.1) is 13.2 Å². The van der Waals surface area contributed by atoms with Crippen LogP contribution in [0.15, 0.2) is 5.16 Å². The third-order valence-corrected chi connectivity index (χ3v) is 1.05. The minimum Gasteiger partial charge on any atom is -0.461 e. The maximum atomic E-state index is 10.9. The van der Waals surface area contributed by atoms with Gasteiger partial charge in [0.15, 0.2) is 0 Å². The Balaban J connectivity index is 4.30. The van der Waals surface area contributed by atoms with Crippen molar-refractivity contribution in [2.45, 2.75) is 13.8 Å². The smallest absolute Gasteiger partial charge is 0.461 e. The lowest BCUT2D eigenvalue weighted by atomic mass is 10.4. The molecule has 82 valence electrons. The minimum atomic E-state index is -1.09. The molecule has 0 saturated carbocycles. The van der Waals surface area contributed by atoms with Gasteiger partial charge in [-0.15, -0.1) is 0 Å². The third kappa shape index (κ3) is 5.25. The van der Waals surface area contributed by atoms with Crippen molar-refractivity contribution in [2.75, 3.05) is 13.2 Å². The van der Waals surface area contributed by atoms with Crippen molar-refractivity contribution in [2.24, 2.45) is 5.16 Å². The van der Waals surface area contributed by atoms with Crippen LogP contribution in [0.2, 0.25) is 0 Å². The number of rotatable bonds is 4. The molecule has 0 aliphatic heterocycles. The standard InChI is InChI=1S/C8H10N2O5/c1-3-13-7(11)6(5-9)10-15-8(12)14-4-2/h3-4H2,1-2H3/b10-6+. The Morgan fingerprint density at radius 2 is 1.87 bits per heavy atom. The molecule has 0 bridgehead atoms. The molecule has 0 saturated heterocycles. The van der Waals surface area contributed by atoms with E-state index in [1.54, 1.807) is 13.8 Å². The van der Waals surface area contributed by atoms with Gasteiger partial charge in [0.25, 0.3) is 5.71 Å². The highest BCUT2D eigenvalue weighted by Crippen LogP contribution is 1.90. The molecule has 0 aromatic rings. The first-order chi connectivity index (χ1) is 7.15. The molecular formula is C8H10N2O5. The van der Waals surface area contributed by atoms with E-state index in [9.17, 15) is 9.59 Å². The van der Waals surface area contributed by atoms with Crippen LogP contribution in [0.3, 0.4) is 0 Å². The van der Waals surface area contributed by atoms with E-state index in [1.165, 1.54) is 6.07 Å². The van der Waals surface area contributed by atoms with E-state index in [0.717, 1.165) is 0 Å². The van der Waals surface area contributed by atoms with Gasteiger partial charge in [-0.1, -0.05) is 5.16 Å². The molecule has 0 aromatic carbocycles. The molecule has 0 aliphatic carbocycles. The summed E-state index contributed by atoms with van der Waals surface area (Å²) in [6.45, 7) is 3.34. The average Bonchev–Trinajstić information content (AvgIpc) is 2.19. The normalized spacial score (nSPS) is 10.1. The van der Waals surface area contributed by atoms with Gasteiger partial charge >= 0.3 is 12.1 Å². The number of hydrogen-bond donors (Lipinski definition) is 0. The van der Waals surface area contributed by atoms with E-state index in [1.807, 2.05) is 0 Å². The number of esters is 1. The van der Waals surface area contributed by atoms with Crippen molar-refractivity contribution in [3.05, 3.63) is 0 Å². The fraction of sp³-hybridized carbons (Fsp3) is 0.500. The van der Waals surface area contributed by atoms with Crippen molar-refractivity contribution in [1.29, 1.82) is 5.26 Å². The second kappa shape index (κ2) is 7.32. The SMILES string of the molecule is CCOC(=O)O/N=C(\C#N)C(=O)OCC. The molecule has 0 N–H and O–H groups in total. The minimum absolute atomic E-state index is 0.0962. The van der Waals surface area contributed by atoms with Crippen LogP contribution in [0.25, 0.3) is 0 Å². The Bertz CT molecular complexity index is 305. The number of oxime groups is 1. The second-order valence-corrected chi connectivity index (χ2v) is 2.05. The summed E-state index contributed by atoms with van der Waals surface area (Å²) in [5, 5.41) is 11.4. The molecule has 0 aromatic heterocycles. The summed E-state index contributed by atoms with van der Waals surface area (Å²) >= 11 is 0. The summed E-state index contributed by atoms with van der Waals surface area (Å²) in [5.74, 6) is -0.954. The number of carbonyl (C=O) groups excluding carboxylic acids is 2. The van der Waals surface area contributed by atoms with E-state index in [2.05, 4.69) is 19.5 Å². The van der Waals surface area contributed by atoms with Gasteiger partial charge in [0.1, 0.15) is 6.07 Å². The lowest BCUT2D eigenvalue weighted by Gasteiger charge is -1.99. The summed E-state index contributed by atoms with van der Waals surface area (Å²) in [7, 11) is 0. The van der Waals surface area contributed by atoms with Crippen LogP contribution >= 0.6 is 0 Å². The van der Waals surface area contributed by atoms with Crippen molar-refractivity contribution < 1.29 is 23.9 Å². The van der Waals surface area contributed by atoms with Crippen molar-refractivity contribution in [1.82, 2.24) is 0 Å². The van der Waals surface area contributed by atoms with Gasteiger partial charge in [-0.05, 0) is 13.8 Å². The zero-order valence-corrected chi connectivity index (χ0v) is 8.35. The first-order valence-electron chi connectivity index (χ1n) is 4.14. The maximum Gasteiger partial charge on any atom is 0.535 e. The quantitative estimate of drug-likeness (QED) is 0.294. The fourth-order valence-corrected chi connectivity index (χ4v) is 0.530. The molecule has 7 heteroatoms. The van der Waals surface area contributed by atoms with Gasteiger partial charge in [-0.2, -0.15) is 5.26 Å². The van der Waals surface area contributed by atoms with Gasteiger partial charge in [-0.25, -0.2) is 9.59 Å². The largest absolute Gasteiger partial charge is 0.535 e. The molecule has 0 aliphatic rings. The van der Waals surface area contributed by atoms with Gasteiger partial charge in [0.2, 0.25) is 0 Å². The van der Waals surface area contributed by atoms with Crippen LogP contribution in [0.4, 0.5) is 4.79 Å². The lowest BCUT2D eigenvalue weighted by molar-refractivity contribution is -0.135. The molecule has 0 rings (SSSR count). The Morgan fingerprint density at radius 3 is 2.33 bits per heavy atom. The number of nitrogens with zero attached hydrogens (tertiary/aromatic N) is 2. The van der Waals surface area contributed by atoms with Crippen LogP contribution < -0.4 is 0 Å². The third-order valence-electron chi connectivity index (χ3n) is 1.05. The van der Waals surface area contributed by atoms with Crippen LogP contribution in [0.1, 0.15) is 13.8 Å². The summed E-state index contributed by atoms with van der Waals surface area (Å²) in [4.78, 5) is 25.7. The molecule has 0 fully saturated rings. The Morgan fingerprint density at radius 1 is 1.27 bits per heavy atom. The highest BCUT2D eigenvalue weighted by atomic mass is 16.8. The Labute approximate surface area is 86.2 Å². The fourth-order valence-electron chi connectivity index (χ4n) is 0.530. The van der Waals surface area contributed by atoms with Crippen molar-refractivity contribution in [3.63, 3.8) is 0 Å². The van der Waals surface area contributed by atoms with E-state index >= 15 is 0 Å². The van der Waals surface area contributed by atoms with Crippen LogP contribution in [-0.2, 0) is 19.1 Å². The number of hydrogen-bond acceptors (Lipinski definition) is 7. The van der Waals surface area contributed by atoms with Crippen LogP contribution in [0.5, 0.6) is 0 Å². The summed E-state index contributed by atoms with van der Waals surface area (Å²) < 4.78 is 8.81. The first-order valence-corrected chi connectivity index (χ1v) is 4.14. The predicted octanol–water partition coefficient (Wildman–Crippen LogP) is 0.602. The van der Waals surface area contributed by atoms with Crippen LogP contribution in [0, 0.1) is 11.3 Å². The Hall–Kier alpha value is -2.10. The number of nitriles is 1. The van der Waals surface area contributed by atoms with Crippen LogP contribution in [-0.4, -0.2) is 31.1 Å². The molecule has 0 spiro atoms. The molecule has 0 unspecified atom stereocenters. The van der Waals surface area contributed by atoms with E-state index < -0.39 is 17.8 Å². The van der Waals surface area contributed by atoms with E-state index in [4.69, 9.17) is 5.26 Å². The number of ether oxygens (including phenoxy) is 2. The molecule has 7 nitrogen and oxygen atoms in total. The van der Waals surface area contributed by atoms with Gasteiger partial charge in [0, 0.05) is 0 Å². The molecule has 15 heavy (non-hydrogen) atoms. The summed E-state index contributed by atoms with van der Waals surface area (Å²) in [5.41, 5.74) is -0.648. The molecule has 0 radical (unpaired) electrons. The summed E-state index contributed by atoms with van der Waals surface area (Å²) in [6, 6.07) is 1.43. The van der Waals surface area contributed by atoms with Crippen molar-refractivity contribution in [3.8, 4) is 6.07 Å². The second-order valence-electron chi connectivity index (χ2n) is 2.05. The zero-order valence-electron chi connectivity index (χ0n) is 8.35.